The SMILES string of the molecule is CC(CCO)Sc1nc2c([nH]1)c(=O)n(C)c(=O)n2C. The van der Waals surface area contributed by atoms with Crippen molar-refractivity contribution in [2.24, 2.45) is 14.1 Å². The number of aliphatic hydroxyl groups excluding tert-OH is 1. The van der Waals surface area contributed by atoms with Crippen molar-refractivity contribution in [3.05, 3.63) is 20.8 Å². The monoisotopic (exact) mass is 284 g/mol. The number of nitrogens with zero attached hydrogens (tertiary/aromatic N) is 3. The van der Waals surface area contributed by atoms with E-state index in [0.717, 1.165) is 4.57 Å². The van der Waals surface area contributed by atoms with Crippen molar-refractivity contribution >= 4 is 22.9 Å². The molecule has 0 saturated heterocycles. The molecule has 0 aliphatic rings. The topological polar surface area (TPSA) is 92.9 Å². The van der Waals surface area contributed by atoms with Crippen molar-refractivity contribution < 1.29 is 5.11 Å². The molecule has 2 N–H and O–H groups in total. The van der Waals surface area contributed by atoms with E-state index in [-0.39, 0.29) is 17.4 Å². The van der Waals surface area contributed by atoms with E-state index in [1.807, 2.05) is 6.92 Å². The van der Waals surface area contributed by atoms with E-state index >= 15 is 0 Å². The fraction of sp³-hybridized carbons (Fsp3) is 0.545. The molecule has 1 unspecified atom stereocenters. The highest BCUT2D eigenvalue weighted by Crippen LogP contribution is 2.23. The summed E-state index contributed by atoms with van der Waals surface area (Å²) in [6.07, 6.45) is 0.638. The third-order valence-corrected chi connectivity index (χ3v) is 3.98. The highest BCUT2D eigenvalue weighted by molar-refractivity contribution is 7.99. The number of hydrogen-bond acceptors (Lipinski definition) is 5. The molecule has 0 fully saturated rings. The smallest absolute Gasteiger partial charge is 0.332 e. The number of H-pyrrole nitrogens is 1. The van der Waals surface area contributed by atoms with Crippen molar-refractivity contribution in [1.82, 2.24) is 19.1 Å². The van der Waals surface area contributed by atoms with Crippen molar-refractivity contribution in [3.8, 4) is 0 Å². The van der Waals surface area contributed by atoms with Gasteiger partial charge in [-0.2, -0.15) is 0 Å². The quantitative estimate of drug-likeness (QED) is 0.760. The van der Waals surface area contributed by atoms with E-state index in [2.05, 4.69) is 9.97 Å². The minimum absolute atomic E-state index is 0.106. The van der Waals surface area contributed by atoms with E-state index < -0.39 is 5.69 Å². The van der Waals surface area contributed by atoms with Crippen LogP contribution in [0.15, 0.2) is 14.7 Å². The predicted octanol–water partition coefficient (Wildman–Crippen LogP) is -0.177. The number of aliphatic hydroxyl groups is 1. The molecule has 0 aromatic carbocycles. The summed E-state index contributed by atoms with van der Waals surface area (Å²) in [4.78, 5) is 30.9. The zero-order chi connectivity index (χ0) is 14.2. The zero-order valence-electron chi connectivity index (χ0n) is 11.0. The van der Waals surface area contributed by atoms with Crippen LogP contribution in [0.3, 0.4) is 0 Å². The molecule has 7 nitrogen and oxygen atoms in total. The average Bonchev–Trinajstić information content (AvgIpc) is 2.78. The summed E-state index contributed by atoms with van der Waals surface area (Å²) in [6.45, 7) is 2.07. The summed E-state index contributed by atoms with van der Waals surface area (Å²) in [5.74, 6) is 0. The fourth-order valence-electron chi connectivity index (χ4n) is 1.79. The Hall–Kier alpha value is -1.54. The zero-order valence-corrected chi connectivity index (χ0v) is 11.8. The molecule has 0 radical (unpaired) electrons. The molecule has 0 bridgehead atoms. The summed E-state index contributed by atoms with van der Waals surface area (Å²) in [5, 5.41) is 9.62. The van der Waals surface area contributed by atoms with Gasteiger partial charge in [-0.25, -0.2) is 9.78 Å². The van der Waals surface area contributed by atoms with Crippen LogP contribution in [0.25, 0.3) is 11.2 Å². The van der Waals surface area contributed by atoms with E-state index in [0.29, 0.717) is 22.7 Å². The number of thioether (sulfide) groups is 1. The van der Waals surface area contributed by atoms with Gasteiger partial charge in [-0.1, -0.05) is 18.7 Å². The van der Waals surface area contributed by atoms with Gasteiger partial charge in [0.2, 0.25) is 0 Å². The lowest BCUT2D eigenvalue weighted by Gasteiger charge is -2.05. The fourth-order valence-corrected chi connectivity index (χ4v) is 2.70. The summed E-state index contributed by atoms with van der Waals surface area (Å²) < 4.78 is 2.39. The number of hydrogen-bond donors (Lipinski definition) is 2. The number of fused-ring (bicyclic) bond motifs is 1. The summed E-state index contributed by atoms with van der Waals surface area (Å²) >= 11 is 1.43. The summed E-state index contributed by atoms with van der Waals surface area (Å²) in [7, 11) is 3.02. The van der Waals surface area contributed by atoms with E-state index in [9.17, 15) is 9.59 Å². The maximum atomic E-state index is 12.0. The van der Waals surface area contributed by atoms with Crippen molar-refractivity contribution in [2.75, 3.05) is 6.61 Å². The lowest BCUT2D eigenvalue weighted by atomic mass is 10.4. The molecule has 104 valence electrons. The third kappa shape index (κ3) is 2.45. The van der Waals surface area contributed by atoms with Gasteiger partial charge in [0.05, 0.1) is 0 Å². The molecule has 2 aromatic heterocycles. The highest BCUT2D eigenvalue weighted by atomic mass is 32.2. The van der Waals surface area contributed by atoms with Crippen LogP contribution >= 0.6 is 11.8 Å². The van der Waals surface area contributed by atoms with Crippen molar-refractivity contribution in [3.63, 3.8) is 0 Å². The first-order valence-corrected chi connectivity index (χ1v) is 6.77. The number of rotatable bonds is 4. The Morgan fingerprint density at radius 3 is 2.68 bits per heavy atom. The predicted molar refractivity (Wildman–Crippen MR) is 73.6 cm³/mol. The molecular formula is C11H16N4O3S. The number of aryl methyl sites for hydroxylation is 1. The van der Waals surface area contributed by atoms with E-state index in [1.165, 1.54) is 23.4 Å². The van der Waals surface area contributed by atoms with E-state index in [4.69, 9.17) is 5.11 Å². The van der Waals surface area contributed by atoms with Crippen LogP contribution in [0.4, 0.5) is 0 Å². The Bertz CT molecular complexity index is 715. The molecular weight excluding hydrogens is 268 g/mol. The number of nitrogens with one attached hydrogen (secondary N) is 1. The Balaban J connectivity index is 2.52. The maximum absolute atomic E-state index is 12.0. The van der Waals surface area contributed by atoms with Gasteiger partial charge in [0.25, 0.3) is 5.56 Å². The van der Waals surface area contributed by atoms with Crippen LogP contribution in [0.2, 0.25) is 0 Å². The largest absolute Gasteiger partial charge is 0.396 e. The van der Waals surface area contributed by atoms with Gasteiger partial charge in [-0.15, -0.1) is 0 Å². The first-order valence-electron chi connectivity index (χ1n) is 5.89. The lowest BCUT2D eigenvalue weighted by Crippen LogP contribution is -2.36. The molecule has 0 saturated carbocycles. The molecule has 8 heteroatoms. The Kier molecular flexibility index (Phi) is 3.81. The van der Waals surface area contributed by atoms with E-state index in [1.54, 1.807) is 7.05 Å². The highest BCUT2D eigenvalue weighted by Gasteiger charge is 2.15. The second kappa shape index (κ2) is 5.22. The third-order valence-electron chi connectivity index (χ3n) is 2.92. The van der Waals surface area contributed by atoms with Crippen LogP contribution < -0.4 is 11.2 Å². The van der Waals surface area contributed by atoms with Crippen molar-refractivity contribution in [2.45, 2.75) is 23.8 Å². The number of imidazole rings is 1. The molecule has 0 aliphatic heterocycles. The first-order chi connectivity index (χ1) is 8.95. The summed E-state index contributed by atoms with van der Waals surface area (Å²) in [6, 6.07) is 0. The van der Waals surface area contributed by atoms with Crippen LogP contribution in [0, 0.1) is 0 Å². The lowest BCUT2D eigenvalue weighted by molar-refractivity contribution is 0.289. The van der Waals surface area contributed by atoms with Crippen LogP contribution in [-0.4, -0.2) is 36.1 Å². The maximum Gasteiger partial charge on any atom is 0.332 e. The second-order valence-corrected chi connectivity index (χ2v) is 5.81. The van der Waals surface area contributed by atoms with Crippen molar-refractivity contribution in [1.29, 1.82) is 0 Å². The standard InChI is InChI=1S/C11H16N4O3S/c1-6(4-5-16)19-10-12-7-8(13-10)14(2)11(18)15(3)9(7)17/h6,16H,4-5H2,1-3H3,(H,12,13). The molecule has 2 aromatic rings. The minimum atomic E-state index is -0.399. The van der Waals surface area contributed by atoms with Gasteiger partial charge < -0.3 is 10.1 Å². The van der Waals surface area contributed by atoms with Gasteiger partial charge in [0.15, 0.2) is 16.3 Å². The molecule has 0 aliphatic carbocycles. The van der Waals surface area contributed by atoms with Gasteiger partial charge in [-0.3, -0.25) is 13.9 Å². The van der Waals surface area contributed by atoms with Crippen LogP contribution in [0.1, 0.15) is 13.3 Å². The number of aromatic nitrogens is 4. The number of aromatic amines is 1. The first kappa shape index (κ1) is 13.9. The normalized spacial score (nSPS) is 13.1. The molecule has 0 amide bonds. The Labute approximate surface area is 113 Å². The van der Waals surface area contributed by atoms with Gasteiger partial charge in [0, 0.05) is 26.0 Å². The molecule has 0 spiro atoms. The Morgan fingerprint density at radius 2 is 2.05 bits per heavy atom. The molecule has 19 heavy (non-hydrogen) atoms. The minimum Gasteiger partial charge on any atom is -0.396 e. The molecule has 1 atom stereocenters. The van der Waals surface area contributed by atoms with Gasteiger partial charge in [0.1, 0.15) is 0 Å². The second-order valence-electron chi connectivity index (χ2n) is 4.39. The van der Waals surface area contributed by atoms with Crippen LogP contribution in [-0.2, 0) is 14.1 Å². The van der Waals surface area contributed by atoms with Crippen LogP contribution in [0.5, 0.6) is 0 Å². The summed E-state index contributed by atoms with van der Waals surface area (Å²) in [5.41, 5.74) is -0.105. The van der Waals surface area contributed by atoms with Gasteiger partial charge >= 0.3 is 5.69 Å². The molecule has 2 rings (SSSR count). The molecule has 2 heterocycles. The average molecular weight is 284 g/mol. The van der Waals surface area contributed by atoms with Gasteiger partial charge in [-0.05, 0) is 6.42 Å². The Morgan fingerprint density at radius 1 is 1.37 bits per heavy atom.